The molecule has 0 aliphatic heterocycles. The van der Waals surface area contributed by atoms with Gasteiger partial charge in [0.2, 0.25) is 0 Å². The van der Waals surface area contributed by atoms with Gasteiger partial charge in [-0.3, -0.25) is 4.79 Å². The number of alkyl halides is 6. The lowest BCUT2D eigenvalue weighted by molar-refractivity contribution is -0.143. The van der Waals surface area contributed by atoms with Gasteiger partial charge in [0.05, 0.1) is 11.1 Å². The first-order valence-electron chi connectivity index (χ1n) is 6.27. The topological polar surface area (TPSA) is 38.3 Å². The minimum Gasteiger partial charge on any atom is -0.484 e. The third-order valence-corrected chi connectivity index (χ3v) is 2.87. The zero-order valence-corrected chi connectivity index (χ0v) is 11.0. The molecule has 0 saturated heterocycles. The maximum atomic E-state index is 12.6. The molecule has 0 aromatic heterocycles. The first-order chi connectivity index (χ1) is 10.1. The van der Waals surface area contributed by atoms with Gasteiger partial charge in [-0.25, -0.2) is 0 Å². The number of carbonyl (C=O) groups is 1. The van der Waals surface area contributed by atoms with Gasteiger partial charge in [0.15, 0.2) is 6.61 Å². The van der Waals surface area contributed by atoms with Gasteiger partial charge in [0.25, 0.3) is 5.91 Å². The highest BCUT2D eigenvalue weighted by atomic mass is 19.4. The van der Waals surface area contributed by atoms with Gasteiger partial charge in [0, 0.05) is 6.04 Å². The number of halogens is 6. The number of ether oxygens (including phenoxy) is 1. The van der Waals surface area contributed by atoms with E-state index in [1.807, 2.05) is 0 Å². The molecule has 2 rings (SSSR count). The summed E-state index contributed by atoms with van der Waals surface area (Å²) in [6.45, 7) is -0.644. The highest BCUT2D eigenvalue weighted by Gasteiger charge is 2.37. The second-order valence-corrected chi connectivity index (χ2v) is 4.87. The zero-order valence-electron chi connectivity index (χ0n) is 11.0. The molecule has 9 heteroatoms. The molecule has 0 heterocycles. The molecule has 1 saturated carbocycles. The summed E-state index contributed by atoms with van der Waals surface area (Å²) in [5.74, 6) is -1.25. The SMILES string of the molecule is O=C(COc1cc(C(F)(F)F)cc(C(F)(F)F)c1)NC1CC1. The molecule has 1 aromatic rings. The molecule has 1 fully saturated rings. The third kappa shape index (κ3) is 4.54. The van der Waals surface area contributed by atoms with E-state index in [4.69, 9.17) is 4.74 Å². The van der Waals surface area contributed by atoms with E-state index in [9.17, 15) is 31.1 Å². The van der Waals surface area contributed by atoms with Crippen LogP contribution in [0.5, 0.6) is 5.75 Å². The monoisotopic (exact) mass is 327 g/mol. The van der Waals surface area contributed by atoms with Crippen LogP contribution >= 0.6 is 0 Å². The third-order valence-electron chi connectivity index (χ3n) is 2.87. The average molecular weight is 327 g/mol. The van der Waals surface area contributed by atoms with E-state index in [0.29, 0.717) is 12.1 Å². The first kappa shape index (κ1) is 16.4. The summed E-state index contributed by atoms with van der Waals surface area (Å²) in [5, 5.41) is 2.51. The van der Waals surface area contributed by atoms with Gasteiger partial charge >= 0.3 is 12.4 Å². The summed E-state index contributed by atoms with van der Waals surface area (Å²) in [6, 6.07) is 0.875. The van der Waals surface area contributed by atoms with Crippen molar-refractivity contribution in [2.45, 2.75) is 31.2 Å². The lowest BCUT2D eigenvalue weighted by Gasteiger charge is -2.14. The Kier molecular flexibility index (Phi) is 4.25. The number of hydrogen-bond acceptors (Lipinski definition) is 2. The molecule has 1 aliphatic carbocycles. The van der Waals surface area contributed by atoms with Gasteiger partial charge in [0.1, 0.15) is 5.75 Å². The van der Waals surface area contributed by atoms with E-state index < -0.39 is 41.7 Å². The van der Waals surface area contributed by atoms with Crippen LogP contribution in [0.2, 0.25) is 0 Å². The van der Waals surface area contributed by atoms with Crippen LogP contribution in [0.15, 0.2) is 18.2 Å². The van der Waals surface area contributed by atoms with Crippen molar-refractivity contribution in [1.82, 2.24) is 5.32 Å². The van der Waals surface area contributed by atoms with Crippen LogP contribution in [0.1, 0.15) is 24.0 Å². The van der Waals surface area contributed by atoms with E-state index in [-0.39, 0.29) is 12.1 Å². The minimum atomic E-state index is -4.95. The van der Waals surface area contributed by atoms with Crippen LogP contribution in [0.25, 0.3) is 0 Å². The van der Waals surface area contributed by atoms with Gasteiger partial charge in [-0.05, 0) is 31.0 Å². The van der Waals surface area contributed by atoms with Crippen LogP contribution in [0, 0.1) is 0 Å². The van der Waals surface area contributed by atoms with E-state index in [0.717, 1.165) is 12.8 Å². The predicted octanol–water partition coefficient (Wildman–Crippen LogP) is 3.38. The Morgan fingerprint density at radius 1 is 1.05 bits per heavy atom. The second kappa shape index (κ2) is 5.69. The molecular formula is C13H11F6NO2. The van der Waals surface area contributed by atoms with Crippen molar-refractivity contribution in [2.75, 3.05) is 6.61 Å². The maximum Gasteiger partial charge on any atom is 0.416 e. The highest BCUT2D eigenvalue weighted by molar-refractivity contribution is 5.78. The zero-order chi connectivity index (χ0) is 16.5. The van der Waals surface area contributed by atoms with Gasteiger partial charge in [-0.1, -0.05) is 0 Å². The Bertz CT molecular complexity index is 530. The van der Waals surface area contributed by atoms with Crippen molar-refractivity contribution in [3.05, 3.63) is 29.3 Å². The normalized spacial score (nSPS) is 15.5. The van der Waals surface area contributed by atoms with Crippen LogP contribution in [-0.2, 0) is 17.1 Å². The average Bonchev–Trinajstić information content (AvgIpc) is 3.18. The summed E-state index contributed by atoms with van der Waals surface area (Å²) in [6.07, 6.45) is -8.30. The largest absolute Gasteiger partial charge is 0.484 e. The molecular weight excluding hydrogens is 316 g/mol. The molecule has 1 amide bonds. The highest BCUT2D eigenvalue weighted by Crippen LogP contribution is 2.38. The number of benzene rings is 1. The fraction of sp³-hybridized carbons (Fsp3) is 0.462. The van der Waals surface area contributed by atoms with E-state index in [2.05, 4.69) is 5.32 Å². The molecule has 1 aromatic carbocycles. The van der Waals surface area contributed by atoms with Crippen molar-refractivity contribution in [3.8, 4) is 5.75 Å². The molecule has 3 nitrogen and oxygen atoms in total. The molecule has 0 bridgehead atoms. The lowest BCUT2D eigenvalue weighted by Crippen LogP contribution is -2.30. The van der Waals surface area contributed by atoms with E-state index >= 15 is 0 Å². The Morgan fingerprint density at radius 3 is 1.95 bits per heavy atom. The fourth-order valence-electron chi connectivity index (χ4n) is 1.66. The predicted molar refractivity (Wildman–Crippen MR) is 63.1 cm³/mol. The Morgan fingerprint density at radius 2 is 1.55 bits per heavy atom. The number of nitrogens with one attached hydrogen (secondary N) is 1. The van der Waals surface area contributed by atoms with Crippen LogP contribution < -0.4 is 10.1 Å². The molecule has 1 aliphatic rings. The Labute approximate surface area is 121 Å². The van der Waals surface area contributed by atoms with Gasteiger partial charge < -0.3 is 10.1 Å². The Balaban J connectivity index is 2.16. The fourth-order valence-corrected chi connectivity index (χ4v) is 1.66. The standard InChI is InChI=1S/C13H11F6NO2/c14-12(15,16)7-3-8(13(17,18)19)5-10(4-7)22-6-11(21)20-9-1-2-9/h3-5,9H,1-2,6H2,(H,20,21). The quantitative estimate of drug-likeness (QED) is 0.861. The summed E-state index contributed by atoms with van der Waals surface area (Å²) >= 11 is 0. The summed E-state index contributed by atoms with van der Waals surface area (Å²) < 4.78 is 80.4. The van der Waals surface area contributed by atoms with Crippen molar-refractivity contribution in [2.24, 2.45) is 0 Å². The summed E-state index contributed by atoms with van der Waals surface area (Å²) in [4.78, 5) is 11.3. The molecule has 0 spiro atoms. The van der Waals surface area contributed by atoms with Crippen molar-refractivity contribution < 1.29 is 35.9 Å². The molecule has 1 N–H and O–H groups in total. The number of amides is 1. The summed E-state index contributed by atoms with van der Waals surface area (Å²) in [7, 11) is 0. The van der Waals surface area contributed by atoms with E-state index in [1.54, 1.807) is 0 Å². The lowest BCUT2D eigenvalue weighted by atomic mass is 10.1. The molecule has 22 heavy (non-hydrogen) atoms. The first-order valence-corrected chi connectivity index (χ1v) is 6.27. The van der Waals surface area contributed by atoms with Crippen LogP contribution in [0.3, 0.4) is 0 Å². The van der Waals surface area contributed by atoms with E-state index in [1.165, 1.54) is 0 Å². The van der Waals surface area contributed by atoms with Crippen molar-refractivity contribution in [1.29, 1.82) is 0 Å². The van der Waals surface area contributed by atoms with Crippen molar-refractivity contribution >= 4 is 5.91 Å². The minimum absolute atomic E-state index is 0.00285. The number of hydrogen-bond donors (Lipinski definition) is 1. The number of carbonyl (C=O) groups excluding carboxylic acids is 1. The second-order valence-electron chi connectivity index (χ2n) is 4.87. The molecule has 0 atom stereocenters. The number of rotatable bonds is 4. The summed E-state index contributed by atoms with van der Waals surface area (Å²) in [5.41, 5.74) is -2.97. The van der Waals surface area contributed by atoms with Crippen molar-refractivity contribution in [3.63, 3.8) is 0 Å². The van der Waals surface area contributed by atoms with Gasteiger partial charge in [-0.2, -0.15) is 26.3 Å². The Hall–Kier alpha value is -1.93. The molecule has 122 valence electrons. The smallest absolute Gasteiger partial charge is 0.416 e. The van der Waals surface area contributed by atoms with Crippen LogP contribution in [-0.4, -0.2) is 18.6 Å². The maximum absolute atomic E-state index is 12.6. The van der Waals surface area contributed by atoms with Gasteiger partial charge in [-0.15, -0.1) is 0 Å². The molecule has 0 radical (unpaired) electrons. The molecule has 0 unspecified atom stereocenters. The van der Waals surface area contributed by atoms with Crippen LogP contribution in [0.4, 0.5) is 26.3 Å².